The molecule has 2 fully saturated rings. The van der Waals surface area contributed by atoms with E-state index in [1.807, 2.05) is 11.9 Å². The van der Waals surface area contributed by atoms with Crippen LogP contribution in [-0.4, -0.2) is 59.9 Å². The zero-order valence-corrected chi connectivity index (χ0v) is 11.5. The molecule has 2 atom stereocenters. The Bertz CT molecular complexity index is 225. The number of piperazine rings is 1. The molecule has 4 heteroatoms. The summed E-state index contributed by atoms with van der Waals surface area (Å²) in [5.74, 6) is 0. The van der Waals surface area contributed by atoms with Gasteiger partial charge in [0.05, 0.1) is 12.7 Å². The average molecular weight is 244 g/mol. The van der Waals surface area contributed by atoms with Crippen LogP contribution in [0.15, 0.2) is 0 Å². The minimum absolute atomic E-state index is 0.367. The third-order valence-electron chi connectivity index (χ3n) is 3.67. The molecule has 0 aromatic rings. The lowest BCUT2D eigenvalue weighted by Gasteiger charge is -2.39. The topological polar surface area (TPSA) is 15.7 Å². The lowest BCUT2D eigenvalue weighted by molar-refractivity contribution is 0.0196. The van der Waals surface area contributed by atoms with Gasteiger partial charge in [0.2, 0.25) is 0 Å². The van der Waals surface area contributed by atoms with E-state index >= 15 is 0 Å². The summed E-state index contributed by atoms with van der Waals surface area (Å²) >= 11 is 1.89. The fraction of sp³-hybridized carbons (Fsp3) is 1.00. The molecule has 2 aliphatic heterocycles. The van der Waals surface area contributed by atoms with Crippen molar-refractivity contribution in [2.75, 3.05) is 32.5 Å². The highest BCUT2D eigenvalue weighted by molar-refractivity contribution is 7.96. The van der Waals surface area contributed by atoms with E-state index in [2.05, 4.69) is 29.3 Å². The second-order valence-corrected chi connectivity index (χ2v) is 5.96. The van der Waals surface area contributed by atoms with E-state index in [1.54, 1.807) is 0 Å². The van der Waals surface area contributed by atoms with Gasteiger partial charge in [-0.05, 0) is 32.9 Å². The summed E-state index contributed by atoms with van der Waals surface area (Å²) in [5.41, 5.74) is 0. The zero-order chi connectivity index (χ0) is 11.5. The summed E-state index contributed by atoms with van der Waals surface area (Å²) in [6.07, 6.45) is 5.22. The van der Waals surface area contributed by atoms with Crippen molar-refractivity contribution in [1.82, 2.24) is 9.21 Å². The molecular formula is C12H24N2OS. The Morgan fingerprint density at radius 2 is 2.12 bits per heavy atom. The third-order valence-corrected chi connectivity index (χ3v) is 4.52. The number of rotatable bonds is 4. The summed E-state index contributed by atoms with van der Waals surface area (Å²) < 4.78 is 8.26. The number of fused-ring (bicyclic) bond motifs is 1. The molecule has 2 aliphatic rings. The molecule has 0 N–H and O–H groups in total. The van der Waals surface area contributed by atoms with Gasteiger partial charge in [-0.2, -0.15) is 0 Å². The number of nitrogens with zero attached hydrogens (tertiary/aromatic N) is 2. The fourth-order valence-corrected chi connectivity index (χ4v) is 3.36. The molecule has 94 valence electrons. The summed E-state index contributed by atoms with van der Waals surface area (Å²) in [6, 6.07) is 1.46. The molecule has 16 heavy (non-hydrogen) atoms. The lowest BCUT2D eigenvalue weighted by atomic mass is 10.2. The molecule has 0 amide bonds. The van der Waals surface area contributed by atoms with Crippen molar-refractivity contribution in [1.29, 1.82) is 0 Å². The van der Waals surface area contributed by atoms with E-state index < -0.39 is 0 Å². The maximum absolute atomic E-state index is 5.77. The Morgan fingerprint density at radius 3 is 2.81 bits per heavy atom. The highest BCUT2D eigenvalue weighted by atomic mass is 32.2. The van der Waals surface area contributed by atoms with Crippen molar-refractivity contribution < 1.29 is 4.74 Å². The second kappa shape index (κ2) is 5.71. The van der Waals surface area contributed by atoms with Gasteiger partial charge in [-0.15, -0.1) is 0 Å². The van der Waals surface area contributed by atoms with Crippen molar-refractivity contribution >= 4 is 11.9 Å². The predicted octanol–water partition coefficient (Wildman–Crippen LogP) is 1.84. The van der Waals surface area contributed by atoms with Crippen LogP contribution in [0.25, 0.3) is 0 Å². The Balaban J connectivity index is 1.82. The van der Waals surface area contributed by atoms with Gasteiger partial charge in [0.25, 0.3) is 0 Å². The molecular weight excluding hydrogens is 220 g/mol. The third kappa shape index (κ3) is 2.92. The van der Waals surface area contributed by atoms with Crippen LogP contribution in [0.5, 0.6) is 0 Å². The van der Waals surface area contributed by atoms with Gasteiger partial charge < -0.3 is 4.74 Å². The van der Waals surface area contributed by atoms with Gasteiger partial charge in [-0.3, -0.25) is 4.90 Å². The Labute approximate surface area is 104 Å². The normalized spacial score (nSPS) is 32.2. The number of ether oxygens (including phenoxy) is 1. The van der Waals surface area contributed by atoms with Crippen LogP contribution in [0, 0.1) is 0 Å². The highest BCUT2D eigenvalue weighted by Gasteiger charge is 2.37. The molecule has 2 saturated heterocycles. The molecule has 0 bridgehead atoms. The minimum Gasteiger partial charge on any atom is -0.377 e. The van der Waals surface area contributed by atoms with Crippen molar-refractivity contribution in [3.63, 3.8) is 0 Å². The molecule has 2 rings (SSSR count). The maximum Gasteiger partial charge on any atom is 0.0625 e. The van der Waals surface area contributed by atoms with Crippen molar-refractivity contribution in [3.8, 4) is 0 Å². The van der Waals surface area contributed by atoms with Gasteiger partial charge in [-0.1, -0.05) is 11.9 Å². The molecule has 2 heterocycles. The van der Waals surface area contributed by atoms with E-state index in [0.29, 0.717) is 12.1 Å². The van der Waals surface area contributed by atoms with E-state index in [9.17, 15) is 0 Å². The van der Waals surface area contributed by atoms with Crippen LogP contribution in [0.1, 0.15) is 26.7 Å². The molecule has 0 aromatic heterocycles. The minimum atomic E-state index is 0.367. The van der Waals surface area contributed by atoms with Crippen LogP contribution < -0.4 is 0 Å². The van der Waals surface area contributed by atoms with Gasteiger partial charge in [0.1, 0.15) is 0 Å². The summed E-state index contributed by atoms with van der Waals surface area (Å²) in [7, 11) is 0. The first-order valence-electron chi connectivity index (χ1n) is 6.37. The molecule has 0 radical (unpaired) electrons. The van der Waals surface area contributed by atoms with Crippen LogP contribution in [0.3, 0.4) is 0 Å². The molecule has 0 aliphatic carbocycles. The zero-order valence-electron chi connectivity index (χ0n) is 10.7. The molecule has 0 aromatic carbocycles. The van der Waals surface area contributed by atoms with Crippen LogP contribution in [0.2, 0.25) is 0 Å². The van der Waals surface area contributed by atoms with E-state index in [0.717, 1.165) is 12.6 Å². The predicted molar refractivity (Wildman–Crippen MR) is 69.7 cm³/mol. The van der Waals surface area contributed by atoms with Crippen molar-refractivity contribution in [2.24, 2.45) is 0 Å². The quantitative estimate of drug-likeness (QED) is 0.701. The molecule has 3 nitrogen and oxygen atoms in total. The van der Waals surface area contributed by atoms with Gasteiger partial charge in [0, 0.05) is 31.7 Å². The first-order chi connectivity index (χ1) is 7.70. The summed E-state index contributed by atoms with van der Waals surface area (Å²) in [6.45, 7) is 8.83. The van der Waals surface area contributed by atoms with Crippen molar-refractivity contribution in [3.05, 3.63) is 0 Å². The largest absolute Gasteiger partial charge is 0.377 e. The first kappa shape index (κ1) is 12.7. The Kier molecular flexibility index (Phi) is 4.53. The van der Waals surface area contributed by atoms with E-state index in [4.69, 9.17) is 4.74 Å². The second-order valence-electron chi connectivity index (χ2n) is 5.08. The lowest BCUT2D eigenvalue weighted by Crippen LogP contribution is -2.51. The standard InChI is InChI=1S/C12H24N2OS/c1-10(2)15-9-12-5-4-11-8-13(16-3)6-7-14(11)12/h10-12H,4-9H2,1-3H3. The number of hydrogen-bond donors (Lipinski definition) is 0. The fourth-order valence-electron chi connectivity index (χ4n) is 2.78. The summed E-state index contributed by atoms with van der Waals surface area (Å²) in [4.78, 5) is 2.68. The van der Waals surface area contributed by atoms with Crippen LogP contribution in [0.4, 0.5) is 0 Å². The molecule has 0 saturated carbocycles. The van der Waals surface area contributed by atoms with E-state index in [1.165, 1.54) is 32.5 Å². The van der Waals surface area contributed by atoms with Crippen molar-refractivity contribution in [2.45, 2.75) is 44.9 Å². The molecule has 2 unspecified atom stereocenters. The monoisotopic (exact) mass is 244 g/mol. The first-order valence-corrected chi connectivity index (χ1v) is 7.55. The maximum atomic E-state index is 5.77. The van der Waals surface area contributed by atoms with Crippen LogP contribution >= 0.6 is 11.9 Å². The van der Waals surface area contributed by atoms with Crippen LogP contribution in [-0.2, 0) is 4.74 Å². The summed E-state index contributed by atoms with van der Waals surface area (Å²) in [5, 5.41) is 0. The SMILES string of the molecule is CSN1CCN2C(COC(C)C)CCC2C1. The number of hydrogen-bond acceptors (Lipinski definition) is 4. The van der Waals surface area contributed by atoms with Gasteiger partial charge in [0.15, 0.2) is 0 Å². The smallest absolute Gasteiger partial charge is 0.0625 e. The average Bonchev–Trinajstić information content (AvgIpc) is 2.68. The Morgan fingerprint density at radius 1 is 1.31 bits per heavy atom. The van der Waals surface area contributed by atoms with Gasteiger partial charge >= 0.3 is 0 Å². The Hall–Kier alpha value is 0.230. The highest BCUT2D eigenvalue weighted by Crippen LogP contribution is 2.29. The van der Waals surface area contributed by atoms with E-state index in [-0.39, 0.29) is 0 Å². The van der Waals surface area contributed by atoms with Gasteiger partial charge in [-0.25, -0.2) is 4.31 Å². The molecule has 0 spiro atoms.